The first-order chi connectivity index (χ1) is 12.1. The molecule has 0 saturated heterocycles. The molecule has 0 unspecified atom stereocenters. The van der Waals surface area contributed by atoms with E-state index < -0.39 is 11.7 Å². The van der Waals surface area contributed by atoms with Gasteiger partial charge in [-0.2, -0.15) is 0 Å². The van der Waals surface area contributed by atoms with Gasteiger partial charge >= 0.3 is 6.01 Å². The van der Waals surface area contributed by atoms with Gasteiger partial charge in [-0.15, -0.1) is 5.10 Å². The van der Waals surface area contributed by atoms with Crippen molar-refractivity contribution in [1.82, 2.24) is 10.2 Å². The first-order valence-corrected chi connectivity index (χ1v) is 7.23. The Kier molecular flexibility index (Phi) is 4.60. The van der Waals surface area contributed by atoms with E-state index in [2.05, 4.69) is 15.5 Å². The normalized spacial score (nSPS) is 10.4. The van der Waals surface area contributed by atoms with Crippen LogP contribution < -0.4 is 14.8 Å². The Morgan fingerprint density at radius 3 is 2.44 bits per heavy atom. The number of nitrogens with one attached hydrogen (secondary N) is 1. The van der Waals surface area contributed by atoms with E-state index in [-0.39, 0.29) is 11.9 Å². The molecule has 128 valence electrons. The molecule has 25 heavy (non-hydrogen) atoms. The monoisotopic (exact) mass is 343 g/mol. The minimum atomic E-state index is -0.480. The van der Waals surface area contributed by atoms with Crippen LogP contribution in [0.2, 0.25) is 0 Å². The number of methoxy groups -OCH3 is 2. The van der Waals surface area contributed by atoms with Crippen LogP contribution in [0.25, 0.3) is 11.5 Å². The van der Waals surface area contributed by atoms with Gasteiger partial charge in [-0.3, -0.25) is 10.1 Å². The number of amides is 1. The molecule has 1 heterocycles. The Hall–Kier alpha value is -3.42. The highest BCUT2D eigenvalue weighted by molar-refractivity contribution is 6.03. The van der Waals surface area contributed by atoms with Gasteiger partial charge in [0.1, 0.15) is 17.3 Å². The lowest BCUT2D eigenvalue weighted by Gasteiger charge is -2.07. The fourth-order valence-corrected chi connectivity index (χ4v) is 2.12. The predicted molar refractivity (Wildman–Crippen MR) is 87.2 cm³/mol. The molecule has 0 aliphatic heterocycles. The van der Waals surface area contributed by atoms with Crippen molar-refractivity contribution in [3.63, 3.8) is 0 Å². The molecule has 7 nitrogen and oxygen atoms in total. The number of aromatic nitrogens is 2. The molecular formula is C17H14FN3O4. The summed E-state index contributed by atoms with van der Waals surface area (Å²) in [4.78, 5) is 12.3. The van der Waals surface area contributed by atoms with Crippen molar-refractivity contribution in [3.8, 4) is 23.0 Å². The van der Waals surface area contributed by atoms with Gasteiger partial charge in [0.05, 0.1) is 14.2 Å². The minimum absolute atomic E-state index is 0.0954. The van der Waals surface area contributed by atoms with Crippen LogP contribution in [0, 0.1) is 5.82 Å². The third-order valence-corrected chi connectivity index (χ3v) is 3.33. The van der Waals surface area contributed by atoms with E-state index in [1.165, 1.54) is 32.4 Å². The second kappa shape index (κ2) is 7.00. The molecule has 1 N–H and O–H groups in total. The lowest BCUT2D eigenvalue weighted by molar-refractivity contribution is 0.102. The molecule has 3 aromatic rings. The number of carbonyl (C=O) groups excluding carboxylic acids is 1. The second-order valence-electron chi connectivity index (χ2n) is 4.98. The molecule has 2 aromatic carbocycles. The van der Waals surface area contributed by atoms with Crippen LogP contribution in [0.3, 0.4) is 0 Å². The summed E-state index contributed by atoms with van der Waals surface area (Å²) in [7, 11) is 2.97. The van der Waals surface area contributed by atoms with E-state index in [4.69, 9.17) is 13.9 Å². The molecule has 0 saturated carbocycles. The molecule has 0 aliphatic carbocycles. The van der Waals surface area contributed by atoms with Gasteiger partial charge in [0, 0.05) is 17.2 Å². The Morgan fingerprint density at radius 1 is 1.08 bits per heavy atom. The largest absolute Gasteiger partial charge is 0.497 e. The Morgan fingerprint density at radius 2 is 1.80 bits per heavy atom. The zero-order chi connectivity index (χ0) is 17.8. The molecule has 8 heteroatoms. The summed E-state index contributed by atoms with van der Waals surface area (Å²) in [6, 6.07) is 10.3. The Labute approximate surface area is 142 Å². The zero-order valence-corrected chi connectivity index (χ0v) is 13.4. The lowest BCUT2D eigenvalue weighted by Crippen LogP contribution is -2.12. The third-order valence-electron chi connectivity index (χ3n) is 3.33. The summed E-state index contributed by atoms with van der Waals surface area (Å²) >= 11 is 0. The van der Waals surface area contributed by atoms with Gasteiger partial charge in [0.2, 0.25) is 5.89 Å². The summed E-state index contributed by atoms with van der Waals surface area (Å²) in [5.74, 6) is 0.125. The van der Waals surface area contributed by atoms with E-state index in [0.29, 0.717) is 22.6 Å². The molecule has 0 spiro atoms. The van der Waals surface area contributed by atoms with Gasteiger partial charge < -0.3 is 13.9 Å². The molecule has 1 amide bonds. The van der Waals surface area contributed by atoms with Gasteiger partial charge in [-0.25, -0.2) is 4.39 Å². The number of hydrogen-bond acceptors (Lipinski definition) is 6. The lowest BCUT2D eigenvalue weighted by atomic mass is 10.2. The topological polar surface area (TPSA) is 86.5 Å². The van der Waals surface area contributed by atoms with Gasteiger partial charge in [0.15, 0.2) is 0 Å². The highest BCUT2D eigenvalue weighted by atomic mass is 19.1. The highest BCUT2D eigenvalue weighted by Crippen LogP contribution is 2.24. The maximum atomic E-state index is 13.3. The van der Waals surface area contributed by atoms with E-state index in [1.807, 2.05) is 0 Å². The summed E-state index contributed by atoms with van der Waals surface area (Å²) in [6.07, 6.45) is 0. The van der Waals surface area contributed by atoms with Crippen LogP contribution in [0.4, 0.5) is 10.4 Å². The summed E-state index contributed by atoms with van der Waals surface area (Å²) in [5, 5.41) is 10.0. The van der Waals surface area contributed by atoms with Crippen molar-refractivity contribution < 1.29 is 23.1 Å². The van der Waals surface area contributed by atoms with Crippen LogP contribution in [0.15, 0.2) is 46.9 Å². The maximum Gasteiger partial charge on any atom is 0.322 e. The average molecular weight is 343 g/mol. The van der Waals surface area contributed by atoms with Crippen LogP contribution in [0.1, 0.15) is 10.4 Å². The van der Waals surface area contributed by atoms with E-state index in [1.54, 1.807) is 24.3 Å². The van der Waals surface area contributed by atoms with Crippen molar-refractivity contribution in [2.75, 3.05) is 19.5 Å². The van der Waals surface area contributed by atoms with E-state index in [0.717, 1.165) is 0 Å². The number of hydrogen-bond donors (Lipinski definition) is 1. The summed E-state index contributed by atoms with van der Waals surface area (Å²) < 4.78 is 28.8. The number of halogens is 1. The second-order valence-corrected chi connectivity index (χ2v) is 4.98. The van der Waals surface area contributed by atoms with Crippen LogP contribution >= 0.6 is 0 Å². The first-order valence-electron chi connectivity index (χ1n) is 7.23. The van der Waals surface area contributed by atoms with Crippen LogP contribution in [0.5, 0.6) is 11.5 Å². The molecule has 0 fully saturated rings. The molecular weight excluding hydrogens is 329 g/mol. The van der Waals surface area contributed by atoms with Crippen molar-refractivity contribution in [1.29, 1.82) is 0 Å². The SMILES string of the molecule is COc1cc(OC)cc(C(=O)Nc2nnc(-c3cccc(F)c3)o2)c1. The fraction of sp³-hybridized carbons (Fsp3) is 0.118. The van der Waals surface area contributed by atoms with Crippen LogP contribution in [-0.2, 0) is 0 Å². The third kappa shape index (κ3) is 3.74. The average Bonchev–Trinajstić information content (AvgIpc) is 3.09. The number of rotatable bonds is 5. The molecule has 0 aliphatic rings. The van der Waals surface area contributed by atoms with E-state index in [9.17, 15) is 9.18 Å². The predicted octanol–water partition coefficient (Wildman–Crippen LogP) is 3.15. The maximum absolute atomic E-state index is 13.3. The number of nitrogens with zero attached hydrogens (tertiary/aromatic N) is 2. The number of benzene rings is 2. The molecule has 0 bridgehead atoms. The number of carbonyl (C=O) groups is 1. The molecule has 3 rings (SSSR count). The molecule has 1 aromatic heterocycles. The number of anilines is 1. The summed E-state index contributed by atoms with van der Waals surface area (Å²) in [5.41, 5.74) is 0.706. The smallest absolute Gasteiger partial charge is 0.322 e. The van der Waals surface area contributed by atoms with Crippen molar-refractivity contribution in [3.05, 3.63) is 53.8 Å². The van der Waals surface area contributed by atoms with E-state index >= 15 is 0 Å². The van der Waals surface area contributed by atoms with Crippen molar-refractivity contribution in [2.24, 2.45) is 0 Å². The summed E-state index contributed by atoms with van der Waals surface area (Å²) in [6.45, 7) is 0. The minimum Gasteiger partial charge on any atom is -0.497 e. The molecule has 0 radical (unpaired) electrons. The highest BCUT2D eigenvalue weighted by Gasteiger charge is 2.15. The van der Waals surface area contributed by atoms with Crippen molar-refractivity contribution >= 4 is 11.9 Å². The Balaban J connectivity index is 1.80. The Bertz CT molecular complexity index is 888. The standard InChI is InChI=1S/C17H14FN3O4/c1-23-13-7-11(8-14(9-13)24-2)15(22)19-17-21-20-16(25-17)10-4-3-5-12(18)6-10/h3-9H,1-2H3,(H,19,21,22). The van der Waals surface area contributed by atoms with Gasteiger partial charge in [-0.05, 0) is 30.3 Å². The van der Waals surface area contributed by atoms with Crippen molar-refractivity contribution in [2.45, 2.75) is 0 Å². The fourth-order valence-electron chi connectivity index (χ4n) is 2.12. The zero-order valence-electron chi connectivity index (χ0n) is 13.4. The number of ether oxygens (including phenoxy) is 2. The van der Waals surface area contributed by atoms with Crippen LogP contribution in [-0.4, -0.2) is 30.3 Å². The van der Waals surface area contributed by atoms with Gasteiger partial charge in [0.25, 0.3) is 5.91 Å². The quantitative estimate of drug-likeness (QED) is 0.766. The first kappa shape index (κ1) is 16.4. The molecule has 0 atom stereocenters. The van der Waals surface area contributed by atoms with Gasteiger partial charge in [-0.1, -0.05) is 11.2 Å².